The van der Waals surface area contributed by atoms with E-state index < -0.39 is 0 Å². The highest BCUT2D eigenvalue weighted by molar-refractivity contribution is 5.73. The second kappa shape index (κ2) is 5.70. The molecule has 1 fully saturated rings. The minimum absolute atomic E-state index is 0.0848. The number of aromatic amines is 1. The fraction of sp³-hybridized carbons (Fsp3) is 0.333. The fourth-order valence-corrected chi connectivity index (χ4v) is 3.25. The number of pyridine rings is 1. The number of nitrogens with one attached hydrogen (secondary N) is 1. The predicted molar refractivity (Wildman–Crippen MR) is 90.8 cm³/mol. The highest BCUT2D eigenvalue weighted by atomic mass is 16.5. The first-order valence-electron chi connectivity index (χ1n) is 8.01. The number of ether oxygens (including phenoxy) is 2. The van der Waals surface area contributed by atoms with E-state index in [2.05, 4.69) is 9.97 Å². The molecule has 1 aromatic carbocycles. The zero-order valence-electron chi connectivity index (χ0n) is 13.7. The van der Waals surface area contributed by atoms with E-state index in [1.165, 1.54) is 0 Å². The van der Waals surface area contributed by atoms with Crippen molar-refractivity contribution in [2.45, 2.75) is 31.9 Å². The van der Waals surface area contributed by atoms with Crippen molar-refractivity contribution in [1.29, 1.82) is 0 Å². The van der Waals surface area contributed by atoms with Crippen LogP contribution in [0.25, 0.3) is 11.0 Å². The van der Waals surface area contributed by atoms with E-state index in [0.29, 0.717) is 0 Å². The Morgan fingerprint density at radius 2 is 2.12 bits per heavy atom. The fourth-order valence-electron chi connectivity index (χ4n) is 3.25. The number of rotatable bonds is 4. The molecule has 0 unspecified atom stereocenters. The molecule has 6 nitrogen and oxygen atoms in total. The summed E-state index contributed by atoms with van der Waals surface area (Å²) in [5.41, 5.74) is 2.67. The highest BCUT2D eigenvalue weighted by Crippen LogP contribution is 2.36. The van der Waals surface area contributed by atoms with Crippen molar-refractivity contribution in [3.8, 4) is 11.5 Å². The van der Waals surface area contributed by atoms with Crippen LogP contribution in [0, 0.1) is 6.92 Å². The minimum atomic E-state index is -0.0848. The van der Waals surface area contributed by atoms with Gasteiger partial charge in [-0.25, -0.2) is 4.79 Å². The summed E-state index contributed by atoms with van der Waals surface area (Å²) < 4.78 is 13.1. The Morgan fingerprint density at radius 1 is 1.29 bits per heavy atom. The van der Waals surface area contributed by atoms with Gasteiger partial charge in [-0.15, -0.1) is 0 Å². The van der Waals surface area contributed by atoms with Crippen molar-refractivity contribution < 1.29 is 9.47 Å². The number of hydrogen-bond acceptors (Lipinski definition) is 4. The Labute approximate surface area is 139 Å². The second-order valence-electron chi connectivity index (χ2n) is 6.19. The van der Waals surface area contributed by atoms with E-state index >= 15 is 0 Å². The average molecular weight is 325 g/mol. The number of hydrogen-bond donors (Lipinski definition) is 1. The quantitative estimate of drug-likeness (QED) is 0.801. The monoisotopic (exact) mass is 325 g/mol. The van der Waals surface area contributed by atoms with Crippen molar-refractivity contribution in [3.63, 3.8) is 0 Å². The van der Waals surface area contributed by atoms with Crippen LogP contribution in [0.15, 0.2) is 41.5 Å². The summed E-state index contributed by atoms with van der Waals surface area (Å²) in [4.78, 5) is 19.1. The van der Waals surface area contributed by atoms with Crippen LogP contribution in [0.4, 0.5) is 0 Å². The van der Waals surface area contributed by atoms with Crippen LogP contribution in [0.2, 0.25) is 0 Å². The first-order chi connectivity index (χ1) is 11.7. The maximum absolute atomic E-state index is 12.2. The average Bonchev–Trinajstić information content (AvgIpc) is 2.87. The number of methoxy groups -OCH3 is 1. The second-order valence-corrected chi connectivity index (χ2v) is 6.19. The van der Waals surface area contributed by atoms with E-state index in [1.54, 1.807) is 19.5 Å². The molecular formula is C18H19N3O3. The maximum Gasteiger partial charge on any atom is 0.326 e. The first kappa shape index (κ1) is 14.8. The maximum atomic E-state index is 12.2. The summed E-state index contributed by atoms with van der Waals surface area (Å²) in [6.45, 7) is 2.00. The molecule has 2 heterocycles. The molecule has 1 saturated carbocycles. The largest absolute Gasteiger partial charge is 0.496 e. The van der Waals surface area contributed by atoms with E-state index in [0.717, 1.165) is 40.9 Å². The van der Waals surface area contributed by atoms with Crippen molar-refractivity contribution >= 4 is 11.0 Å². The minimum Gasteiger partial charge on any atom is -0.496 e. The van der Waals surface area contributed by atoms with Crippen molar-refractivity contribution in [3.05, 3.63) is 52.7 Å². The third-order valence-corrected chi connectivity index (χ3v) is 4.64. The van der Waals surface area contributed by atoms with Gasteiger partial charge in [0.15, 0.2) is 0 Å². The molecular weight excluding hydrogens is 306 g/mol. The molecule has 0 aliphatic heterocycles. The molecule has 6 heteroatoms. The summed E-state index contributed by atoms with van der Waals surface area (Å²) in [6.07, 6.45) is 5.12. The Hall–Kier alpha value is -2.76. The molecule has 1 N–H and O–H groups in total. The normalized spacial score (nSPS) is 19.9. The molecule has 1 aliphatic carbocycles. The van der Waals surface area contributed by atoms with Gasteiger partial charge in [-0.1, -0.05) is 6.07 Å². The molecule has 4 rings (SSSR count). The van der Waals surface area contributed by atoms with Gasteiger partial charge in [0.05, 0.1) is 24.3 Å². The number of nitrogens with zero attached hydrogens (tertiary/aromatic N) is 2. The van der Waals surface area contributed by atoms with E-state index in [9.17, 15) is 4.79 Å². The summed E-state index contributed by atoms with van der Waals surface area (Å²) in [5.74, 6) is 1.63. The molecule has 1 aliphatic rings. The molecule has 0 radical (unpaired) electrons. The lowest BCUT2D eigenvalue weighted by Gasteiger charge is -2.36. The lowest BCUT2D eigenvalue weighted by molar-refractivity contribution is 0.0705. The molecule has 124 valence electrons. The van der Waals surface area contributed by atoms with Crippen LogP contribution in [-0.2, 0) is 0 Å². The summed E-state index contributed by atoms with van der Waals surface area (Å²) in [6, 6.07) is 7.88. The number of benzene rings is 1. The van der Waals surface area contributed by atoms with E-state index in [-0.39, 0.29) is 17.8 Å². The Morgan fingerprint density at radius 3 is 2.92 bits per heavy atom. The molecule has 0 saturated heterocycles. The Kier molecular flexibility index (Phi) is 3.52. The summed E-state index contributed by atoms with van der Waals surface area (Å²) >= 11 is 0. The third kappa shape index (κ3) is 2.44. The smallest absolute Gasteiger partial charge is 0.326 e. The number of aryl methyl sites for hydroxylation is 1. The molecule has 2 aromatic heterocycles. The lowest BCUT2D eigenvalue weighted by Crippen LogP contribution is -2.39. The topological polar surface area (TPSA) is 69.1 Å². The zero-order chi connectivity index (χ0) is 16.7. The van der Waals surface area contributed by atoms with Gasteiger partial charge in [0.25, 0.3) is 0 Å². The van der Waals surface area contributed by atoms with Crippen LogP contribution in [-0.4, -0.2) is 27.7 Å². The zero-order valence-corrected chi connectivity index (χ0v) is 13.7. The van der Waals surface area contributed by atoms with Crippen molar-refractivity contribution in [1.82, 2.24) is 14.5 Å². The molecule has 0 bridgehead atoms. The Bertz CT molecular complexity index is 938. The number of fused-ring (bicyclic) bond motifs is 1. The first-order valence-corrected chi connectivity index (χ1v) is 8.01. The van der Waals surface area contributed by atoms with Gasteiger partial charge in [-0.05, 0) is 24.6 Å². The van der Waals surface area contributed by atoms with Gasteiger partial charge in [0.1, 0.15) is 17.6 Å². The van der Waals surface area contributed by atoms with Crippen LogP contribution >= 0.6 is 0 Å². The van der Waals surface area contributed by atoms with Gasteiger partial charge in [-0.2, -0.15) is 0 Å². The van der Waals surface area contributed by atoms with E-state index in [4.69, 9.17) is 9.47 Å². The number of H-pyrrole nitrogens is 1. The van der Waals surface area contributed by atoms with Gasteiger partial charge < -0.3 is 14.5 Å². The van der Waals surface area contributed by atoms with Gasteiger partial charge >= 0.3 is 5.69 Å². The molecule has 0 spiro atoms. The SMILES string of the molecule is COc1cc(O[C@H]2C[C@H](n3c(=O)[nH]c4cnccc43)C2)ccc1C. The Balaban J connectivity index is 1.48. The molecule has 0 atom stereocenters. The third-order valence-electron chi connectivity index (χ3n) is 4.64. The number of imidazole rings is 1. The highest BCUT2D eigenvalue weighted by Gasteiger charge is 2.34. The van der Waals surface area contributed by atoms with Crippen LogP contribution in [0.5, 0.6) is 11.5 Å². The van der Waals surface area contributed by atoms with Crippen LogP contribution in [0.1, 0.15) is 24.4 Å². The van der Waals surface area contributed by atoms with Crippen molar-refractivity contribution in [2.75, 3.05) is 7.11 Å². The lowest BCUT2D eigenvalue weighted by atomic mass is 9.89. The molecule has 3 aromatic rings. The number of aromatic nitrogens is 3. The van der Waals surface area contributed by atoms with Gasteiger partial charge in [0, 0.05) is 31.1 Å². The van der Waals surface area contributed by atoms with Crippen LogP contribution < -0.4 is 15.2 Å². The summed E-state index contributed by atoms with van der Waals surface area (Å²) in [7, 11) is 1.66. The van der Waals surface area contributed by atoms with E-state index in [1.807, 2.05) is 35.8 Å². The summed E-state index contributed by atoms with van der Waals surface area (Å²) in [5, 5.41) is 0. The standard InChI is InChI=1S/C18H19N3O3/c1-11-3-4-13(9-17(11)23-2)24-14-7-12(8-14)21-16-5-6-19-10-15(16)20-18(21)22/h3-6,9-10,12,14H,7-8H2,1-2H3,(H,20,22)/t12-,14-. The predicted octanol–water partition coefficient (Wildman–Crippen LogP) is 2.82. The van der Waals surface area contributed by atoms with Crippen LogP contribution in [0.3, 0.4) is 0 Å². The van der Waals surface area contributed by atoms with Gasteiger partial charge in [0.2, 0.25) is 0 Å². The van der Waals surface area contributed by atoms with Crippen molar-refractivity contribution in [2.24, 2.45) is 0 Å². The molecule has 24 heavy (non-hydrogen) atoms. The molecule has 0 amide bonds. The van der Waals surface area contributed by atoms with Gasteiger partial charge in [-0.3, -0.25) is 9.55 Å².